The molecular weight excluding hydrogens is 242 g/mol. The molecule has 1 aliphatic heterocycles. The summed E-state index contributed by atoms with van der Waals surface area (Å²) >= 11 is 0. The summed E-state index contributed by atoms with van der Waals surface area (Å²) in [6, 6.07) is 0. The highest BCUT2D eigenvalue weighted by Crippen LogP contribution is 2.31. The number of carbonyl (C=O) groups is 1. The molecule has 2 atom stereocenters. The van der Waals surface area contributed by atoms with Gasteiger partial charge in [0.25, 0.3) is 0 Å². The van der Waals surface area contributed by atoms with Crippen molar-refractivity contribution in [3.63, 3.8) is 0 Å². The molecule has 0 saturated carbocycles. The molecule has 0 radical (unpaired) electrons. The van der Waals surface area contributed by atoms with Crippen molar-refractivity contribution in [2.45, 2.75) is 66.1 Å². The van der Waals surface area contributed by atoms with Crippen LogP contribution in [0.5, 0.6) is 0 Å². The molecule has 1 heterocycles. The van der Waals surface area contributed by atoms with Crippen LogP contribution in [0.3, 0.4) is 0 Å². The van der Waals surface area contributed by atoms with Crippen molar-refractivity contribution in [1.29, 1.82) is 0 Å². The predicted molar refractivity (Wildman–Crippen MR) is 76.0 cm³/mol. The van der Waals surface area contributed by atoms with E-state index in [2.05, 4.69) is 0 Å². The highest BCUT2D eigenvalue weighted by molar-refractivity contribution is 5.68. The van der Waals surface area contributed by atoms with Crippen LogP contribution in [0.1, 0.15) is 54.4 Å². The van der Waals surface area contributed by atoms with Crippen LogP contribution in [0, 0.1) is 11.3 Å². The number of hydrogen-bond donors (Lipinski definition) is 1. The average molecular weight is 271 g/mol. The predicted octanol–water partition coefficient (Wildman–Crippen LogP) is 3.04. The molecule has 19 heavy (non-hydrogen) atoms. The highest BCUT2D eigenvalue weighted by Gasteiger charge is 2.35. The Balaban J connectivity index is 2.62. The van der Waals surface area contributed by atoms with Gasteiger partial charge >= 0.3 is 6.09 Å². The van der Waals surface area contributed by atoms with Crippen LogP contribution in [0.25, 0.3) is 0 Å². The Bertz CT molecular complexity index is 314. The standard InChI is InChI=1S/C15H29NO3/c1-14(2,3)12(17)11-8-7-9-16(10-11)13(18)19-15(4,5)6/h11-12,17H,7-10H2,1-6H3/t11-,12+/m1/s1. The van der Waals surface area contributed by atoms with Gasteiger partial charge in [-0.1, -0.05) is 20.8 Å². The number of amides is 1. The number of hydrogen-bond acceptors (Lipinski definition) is 3. The van der Waals surface area contributed by atoms with Crippen molar-refractivity contribution in [2.24, 2.45) is 11.3 Å². The minimum atomic E-state index is -0.466. The van der Waals surface area contributed by atoms with Crippen LogP contribution >= 0.6 is 0 Å². The van der Waals surface area contributed by atoms with Crippen molar-refractivity contribution >= 4 is 6.09 Å². The molecule has 0 aromatic rings. The number of ether oxygens (including phenoxy) is 1. The van der Waals surface area contributed by atoms with E-state index >= 15 is 0 Å². The van der Waals surface area contributed by atoms with Gasteiger partial charge in [-0.25, -0.2) is 4.79 Å². The van der Waals surface area contributed by atoms with E-state index in [4.69, 9.17) is 4.74 Å². The van der Waals surface area contributed by atoms with Crippen LogP contribution in [-0.4, -0.2) is 40.9 Å². The number of likely N-dealkylation sites (tertiary alicyclic amines) is 1. The molecule has 1 saturated heterocycles. The molecule has 4 nitrogen and oxygen atoms in total. The molecule has 1 N–H and O–H groups in total. The first kappa shape index (κ1) is 16.3. The molecule has 0 bridgehead atoms. The van der Waals surface area contributed by atoms with Crippen LogP contribution in [0.4, 0.5) is 4.79 Å². The van der Waals surface area contributed by atoms with Gasteiger partial charge in [-0.05, 0) is 39.0 Å². The van der Waals surface area contributed by atoms with Gasteiger partial charge in [0, 0.05) is 19.0 Å². The van der Waals surface area contributed by atoms with Crippen molar-refractivity contribution in [3.05, 3.63) is 0 Å². The first-order chi connectivity index (χ1) is 8.50. The second-order valence-electron chi connectivity index (χ2n) is 7.64. The van der Waals surface area contributed by atoms with Crippen molar-refractivity contribution < 1.29 is 14.6 Å². The van der Waals surface area contributed by atoms with E-state index in [-0.39, 0.29) is 17.4 Å². The normalized spacial score (nSPS) is 23.1. The number of aliphatic hydroxyl groups excluding tert-OH is 1. The second kappa shape index (κ2) is 5.70. The summed E-state index contributed by atoms with van der Waals surface area (Å²) in [6.07, 6.45) is 1.24. The molecule has 1 fully saturated rings. The van der Waals surface area contributed by atoms with Crippen LogP contribution in [-0.2, 0) is 4.74 Å². The van der Waals surface area contributed by atoms with Gasteiger partial charge in [0.1, 0.15) is 5.60 Å². The molecule has 4 heteroatoms. The van der Waals surface area contributed by atoms with Gasteiger partial charge in [0.15, 0.2) is 0 Å². The summed E-state index contributed by atoms with van der Waals surface area (Å²) < 4.78 is 5.40. The van der Waals surface area contributed by atoms with Crippen LogP contribution in [0.2, 0.25) is 0 Å². The molecule has 1 rings (SSSR count). The number of rotatable bonds is 1. The number of nitrogens with zero attached hydrogens (tertiary/aromatic N) is 1. The minimum absolute atomic E-state index is 0.140. The number of piperidine rings is 1. The lowest BCUT2D eigenvalue weighted by atomic mass is 9.78. The fourth-order valence-electron chi connectivity index (χ4n) is 2.47. The first-order valence-corrected chi connectivity index (χ1v) is 7.17. The molecule has 0 spiro atoms. The summed E-state index contributed by atoms with van der Waals surface area (Å²) in [7, 11) is 0. The van der Waals surface area contributed by atoms with Gasteiger partial charge in [0.2, 0.25) is 0 Å². The Morgan fingerprint density at radius 1 is 1.26 bits per heavy atom. The molecule has 112 valence electrons. The van der Waals surface area contributed by atoms with Crippen LogP contribution < -0.4 is 0 Å². The van der Waals surface area contributed by atoms with Crippen molar-refractivity contribution in [2.75, 3.05) is 13.1 Å². The second-order valence-corrected chi connectivity index (χ2v) is 7.64. The third-order valence-electron chi connectivity index (χ3n) is 3.44. The van der Waals surface area contributed by atoms with Crippen molar-refractivity contribution in [3.8, 4) is 0 Å². The third-order valence-corrected chi connectivity index (χ3v) is 3.44. The maximum Gasteiger partial charge on any atom is 0.410 e. The van der Waals surface area contributed by atoms with E-state index < -0.39 is 11.7 Å². The van der Waals surface area contributed by atoms with Gasteiger partial charge in [-0.15, -0.1) is 0 Å². The number of carbonyl (C=O) groups excluding carboxylic acids is 1. The monoisotopic (exact) mass is 271 g/mol. The molecular formula is C15H29NO3. The molecule has 0 aromatic carbocycles. The minimum Gasteiger partial charge on any atom is -0.444 e. The number of aliphatic hydroxyl groups is 1. The quantitative estimate of drug-likeness (QED) is 0.797. The Morgan fingerprint density at radius 2 is 1.84 bits per heavy atom. The Hall–Kier alpha value is -0.770. The van der Waals surface area contributed by atoms with Gasteiger partial charge in [0.05, 0.1) is 6.10 Å². The lowest BCUT2D eigenvalue weighted by Crippen LogP contribution is -2.48. The maximum atomic E-state index is 12.1. The molecule has 0 unspecified atom stereocenters. The summed E-state index contributed by atoms with van der Waals surface area (Å²) in [5.41, 5.74) is -0.617. The topological polar surface area (TPSA) is 49.8 Å². The van der Waals surface area contributed by atoms with E-state index in [1.54, 1.807) is 4.90 Å². The van der Waals surface area contributed by atoms with E-state index in [0.29, 0.717) is 6.54 Å². The molecule has 1 aliphatic rings. The molecule has 0 aliphatic carbocycles. The Morgan fingerprint density at radius 3 is 2.32 bits per heavy atom. The maximum absolute atomic E-state index is 12.1. The lowest BCUT2D eigenvalue weighted by Gasteiger charge is -2.40. The van der Waals surface area contributed by atoms with E-state index in [9.17, 15) is 9.90 Å². The van der Waals surface area contributed by atoms with Gasteiger partial charge in [-0.3, -0.25) is 0 Å². The van der Waals surface area contributed by atoms with Crippen LogP contribution in [0.15, 0.2) is 0 Å². The van der Waals surface area contributed by atoms with E-state index in [0.717, 1.165) is 19.4 Å². The fraction of sp³-hybridized carbons (Fsp3) is 0.933. The third kappa shape index (κ3) is 5.01. The van der Waals surface area contributed by atoms with E-state index in [1.165, 1.54) is 0 Å². The Kier molecular flexibility index (Phi) is 4.88. The Labute approximate surface area is 117 Å². The van der Waals surface area contributed by atoms with E-state index in [1.807, 2.05) is 41.5 Å². The lowest BCUT2D eigenvalue weighted by molar-refractivity contribution is -0.0280. The van der Waals surface area contributed by atoms with Gasteiger partial charge in [-0.2, -0.15) is 0 Å². The highest BCUT2D eigenvalue weighted by atomic mass is 16.6. The first-order valence-electron chi connectivity index (χ1n) is 7.17. The van der Waals surface area contributed by atoms with Gasteiger partial charge < -0.3 is 14.7 Å². The largest absolute Gasteiger partial charge is 0.444 e. The summed E-state index contributed by atoms with van der Waals surface area (Å²) in [4.78, 5) is 13.8. The zero-order chi connectivity index (χ0) is 14.8. The summed E-state index contributed by atoms with van der Waals surface area (Å²) in [5, 5.41) is 10.4. The zero-order valence-corrected chi connectivity index (χ0v) is 13.2. The summed E-state index contributed by atoms with van der Waals surface area (Å²) in [5.74, 6) is 0.140. The fourth-order valence-corrected chi connectivity index (χ4v) is 2.47. The average Bonchev–Trinajstić information content (AvgIpc) is 2.24. The molecule has 1 amide bonds. The SMILES string of the molecule is CC(C)(C)OC(=O)N1CCC[C@@H]([C@H](O)C(C)(C)C)C1. The molecule has 0 aromatic heterocycles. The smallest absolute Gasteiger partial charge is 0.410 e. The van der Waals surface area contributed by atoms with Crippen molar-refractivity contribution in [1.82, 2.24) is 4.90 Å². The zero-order valence-electron chi connectivity index (χ0n) is 13.2. The summed E-state index contributed by atoms with van der Waals surface area (Å²) in [6.45, 7) is 13.0.